The molecule has 2 heteroatoms. The van der Waals surface area contributed by atoms with E-state index in [2.05, 4.69) is 43.4 Å². The minimum absolute atomic E-state index is 0.364. The van der Waals surface area contributed by atoms with E-state index in [0.29, 0.717) is 6.04 Å². The zero-order valence-electron chi connectivity index (χ0n) is 11.1. The van der Waals surface area contributed by atoms with E-state index in [1.807, 2.05) is 12.3 Å². The van der Waals surface area contributed by atoms with Gasteiger partial charge in [0.25, 0.3) is 0 Å². The van der Waals surface area contributed by atoms with Crippen molar-refractivity contribution in [3.63, 3.8) is 0 Å². The smallest absolute Gasteiger partial charge is 0.0935 e. The third kappa shape index (κ3) is 3.47. The number of hydrogen-bond donors (Lipinski definition) is 1. The minimum atomic E-state index is 0.364. The Hall–Kier alpha value is -1.54. The molecule has 0 amide bonds. The maximum atomic E-state index is 5.15. The highest BCUT2D eigenvalue weighted by Crippen LogP contribution is 2.19. The fraction of sp³-hybridized carbons (Fsp3) is 0.375. The lowest BCUT2D eigenvalue weighted by atomic mass is 9.99. The summed E-state index contributed by atoms with van der Waals surface area (Å²) in [6.45, 7) is 5.35. The largest absolute Gasteiger partial charge is 0.472 e. The maximum absolute atomic E-state index is 5.15. The van der Waals surface area contributed by atoms with Gasteiger partial charge in [-0.3, -0.25) is 0 Å². The first-order valence-corrected chi connectivity index (χ1v) is 6.60. The fourth-order valence-electron chi connectivity index (χ4n) is 2.07. The molecule has 2 aromatic rings. The van der Waals surface area contributed by atoms with Crippen LogP contribution in [0.15, 0.2) is 47.3 Å². The molecule has 1 unspecified atom stereocenters. The molecular formula is C16H21NO. The van der Waals surface area contributed by atoms with Gasteiger partial charge in [-0.1, -0.05) is 36.8 Å². The molecule has 1 aromatic heterocycles. The van der Waals surface area contributed by atoms with Crippen molar-refractivity contribution in [3.8, 4) is 0 Å². The average Bonchev–Trinajstić information content (AvgIpc) is 2.88. The number of furan rings is 1. The molecular weight excluding hydrogens is 222 g/mol. The van der Waals surface area contributed by atoms with Crippen LogP contribution in [0.1, 0.15) is 36.1 Å². The van der Waals surface area contributed by atoms with Crippen molar-refractivity contribution >= 4 is 0 Å². The summed E-state index contributed by atoms with van der Waals surface area (Å²) in [5.41, 5.74) is 3.88. The van der Waals surface area contributed by atoms with E-state index in [1.165, 1.54) is 16.7 Å². The van der Waals surface area contributed by atoms with Crippen molar-refractivity contribution in [3.05, 3.63) is 59.5 Å². The zero-order valence-corrected chi connectivity index (χ0v) is 11.1. The summed E-state index contributed by atoms with van der Waals surface area (Å²) in [5, 5.41) is 3.60. The van der Waals surface area contributed by atoms with Crippen molar-refractivity contribution in [2.24, 2.45) is 0 Å². The van der Waals surface area contributed by atoms with E-state index in [0.717, 1.165) is 19.4 Å². The van der Waals surface area contributed by atoms with Gasteiger partial charge in [0, 0.05) is 6.04 Å². The maximum Gasteiger partial charge on any atom is 0.0935 e. The molecule has 0 saturated heterocycles. The molecule has 0 saturated carbocycles. The third-order valence-corrected chi connectivity index (χ3v) is 3.14. The minimum Gasteiger partial charge on any atom is -0.472 e. The topological polar surface area (TPSA) is 25.2 Å². The molecule has 1 atom stereocenters. The summed E-state index contributed by atoms with van der Waals surface area (Å²) < 4.78 is 5.15. The summed E-state index contributed by atoms with van der Waals surface area (Å²) in [6, 6.07) is 11.2. The van der Waals surface area contributed by atoms with E-state index in [9.17, 15) is 0 Å². The van der Waals surface area contributed by atoms with Crippen LogP contribution < -0.4 is 5.32 Å². The van der Waals surface area contributed by atoms with Crippen molar-refractivity contribution in [2.75, 3.05) is 6.54 Å². The van der Waals surface area contributed by atoms with E-state index >= 15 is 0 Å². The quantitative estimate of drug-likeness (QED) is 0.833. The van der Waals surface area contributed by atoms with Gasteiger partial charge < -0.3 is 9.73 Å². The first kappa shape index (κ1) is 12.9. The van der Waals surface area contributed by atoms with Gasteiger partial charge in [-0.05, 0) is 43.5 Å². The molecule has 2 nitrogen and oxygen atoms in total. The Kier molecular flexibility index (Phi) is 4.59. The molecule has 0 bridgehead atoms. The zero-order chi connectivity index (χ0) is 12.8. The van der Waals surface area contributed by atoms with Gasteiger partial charge in [0.05, 0.1) is 12.5 Å². The van der Waals surface area contributed by atoms with Gasteiger partial charge in [-0.25, -0.2) is 0 Å². The highest BCUT2D eigenvalue weighted by atomic mass is 16.3. The predicted octanol–water partition coefficient (Wildman–Crippen LogP) is 3.87. The molecule has 2 rings (SSSR count). The Balaban J connectivity index is 2.11. The fourth-order valence-corrected chi connectivity index (χ4v) is 2.07. The van der Waals surface area contributed by atoms with Crippen LogP contribution in [-0.4, -0.2) is 6.54 Å². The summed E-state index contributed by atoms with van der Waals surface area (Å²) in [6.07, 6.45) is 5.68. The Morgan fingerprint density at radius 2 is 1.94 bits per heavy atom. The Bertz CT molecular complexity index is 444. The highest BCUT2D eigenvalue weighted by Gasteiger charge is 2.11. The lowest BCUT2D eigenvalue weighted by Crippen LogP contribution is -2.23. The van der Waals surface area contributed by atoms with Crippen LogP contribution in [0.3, 0.4) is 0 Å². The Labute approximate surface area is 109 Å². The van der Waals surface area contributed by atoms with Gasteiger partial charge in [0.1, 0.15) is 0 Å². The number of aryl methyl sites for hydroxylation is 1. The third-order valence-electron chi connectivity index (χ3n) is 3.14. The average molecular weight is 243 g/mol. The molecule has 0 fully saturated rings. The summed E-state index contributed by atoms with van der Waals surface area (Å²) >= 11 is 0. The Morgan fingerprint density at radius 3 is 2.56 bits per heavy atom. The van der Waals surface area contributed by atoms with Crippen molar-refractivity contribution in [1.82, 2.24) is 5.32 Å². The number of hydrogen-bond acceptors (Lipinski definition) is 2. The SMILES string of the molecule is CCCNC(Cc1ccoc1)c1ccc(C)cc1. The molecule has 0 aliphatic carbocycles. The van der Waals surface area contributed by atoms with Gasteiger partial charge in [0.15, 0.2) is 0 Å². The van der Waals surface area contributed by atoms with Crippen LogP contribution in [0.5, 0.6) is 0 Å². The standard InChI is InChI=1S/C16H21NO/c1-3-9-17-16(11-14-8-10-18-12-14)15-6-4-13(2)5-7-15/h4-8,10,12,16-17H,3,9,11H2,1-2H3. The van der Waals surface area contributed by atoms with E-state index in [-0.39, 0.29) is 0 Å². The van der Waals surface area contributed by atoms with E-state index in [1.54, 1.807) is 6.26 Å². The normalized spacial score (nSPS) is 12.6. The molecule has 0 spiro atoms. The highest BCUT2D eigenvalue weighted by molar-refractivity contribution is 5.25. The second kappa shape index (κ2) is 6.41. The van der Waals surface area contributed by atoms with Gasteiger partial charge >= 0.3 is 0 Å². The molecule has 0 aliphatic heterocycles. The second-order valence-electron chi connectivity index (χ2n) is 4.75. The van der Waals surface area contributed by atoms with Crippen LogP contribution in [0.25, 0.3) is 0 Å². The Morgan fingerprint density at radius 1 is 1.17 bits per heavy atom. The van der Waals surface area contributed by atoms with E-state index in [4.69, 9.17) is 4.42 Å². The second-order valence-corrected chi connectivity index (χ2v) is 4.75. The van der Waals surface area contributed by atoms with Gasteiger partial charge in [-0.2, -0.15) is 0 Å². The van der Waals surface area contributed by atoms with Gasteiger partial charge in [-0.15, -0.1) is 0 Å². The van der Waals surface area contributed by atoms with Crippen LogP contribution in [0.2, 0.25) is 0 Å². The van der Waals surface area contributed by atoms with Gasteiger partial charge in [0.2, 0.25) is 0 Å². The van der Waals surface area contributed by atoms with Crippen molar-refractivity contribution in [2.45, 2.75) is 32.7 Å². The summed E-state index contributed by atoms with van der Waals surface area (Å²) in [5.74, 6) is 0. The number of nitrogens with one attached hydrogen (secondary N) is 1. The molecule has 1 aromatic carbocycles. The van der Waals surface area contributed by atoms with Crippen LogP contribution in [0, 0.1) is 6.92 Å². The molecule has 96 valence electrons. The summed E-state index contributed by atoms with van der Waals surface area (Å²) in [7, 11) is 0. The summed E-state index contributed by atoms with van der Waals surface area (Å²) in [4.78, 5) is 0. The van der Waals surface area contributed by atoms with Crippen LogP contribution in [-0.2, 0) is 6.42 Å². The van der Waals surface area contributed by atoms with E-state index < -0.39 is 0 Å². The van der Waals surface area contributed by atoms with Crippen molar-refractivity contribution < 1.29 is 4.42 Å². The monoisotopic (exact) mass is 243 g/mol. The van der Waals surface area contributed by atoms with Crippen LogP contribution in [0.4, 0.5) is 0 Å². The molecule has 0 aliphatic rings. The van der Waals surface area contributed by atoms with Crippen molar-refractivity contribution in [1.29, 1.82) is 0 Å². The molecule has 0 radical (unpaired) electrons. The lowest BCUT2D eigenvalue weighted by molar-refractivity contribution is 0.520. The first-order chi connectivity index (χ1) is 8.79. The molecule has 1 N–H and O–H groups in total. The predicted molar refractivity (Wildman–Crippen MR) is 74.6 cm³/mol. The number of rotatable bonds is 6. The molecule has 1 heterocycles. The molecule has 18 heavy (non-hydrogen) atoms. The lowest BCUT2D eigenvalue weighted by Gasteiger charge is -2.18. The first-order valence-electron chi connectivity index (χ1n) is 6.60. The number of benzene rings is 1. The van der Waals surface area contributed by atoms with Crippen LogP contribution >= 0.6 is 0 Å².